The van der Waals surface area contributed by atoms with Crippen molar-refractivity contribution in [2.75, 3.05) is 18.0 Å². The van der Waals surface area contributed by atoms with Gasteiger partial charge in [-0.15, -0.1) is 5.10 Å². The summed E-state index contributed by atoms with van der Waals surface area (Å²) in [5.41, 5.74) is 6.45. The lowest BCUT2D eigenvalue weighted by atomic mass is 10.1. The Labute approximate surface area is 125 Å². The summed E-state index contributed by atoms with van der Waals surface area (Å²) in [5.74, 6) is 0.715. The summed E-state index contributed by atoms with van der Waals surface area (Å²) < 4.78 is 2.62. The van der Waals surface area contributed by atoms with Gasteiger partial charge in [-0.1, -0.05) is 12.1 Å². The highest BCUT2D eigenvalue weighted by Crippen LogP contribution is 2.29. The van der Waals surface area contributed by atoms with Crippen LogP contribution in [0.5, 0.6) is 0 Å². The first-order valence-corrected chi connectivity index (χ1v) is 7.07. The van der Waals surface area contributed by atoms with E-state index in [-0.39, 0.29) is 12.2 Å². The molecule has 0 saturated heterocycles. The van der Waals surface area contributed by atoms with Gasteiger partial charge in [0.25, 0.3) is 0 Å². The number of primary amides is 1. The van der Waals surface area contributed by atoms with E-state index in [0.717, 1.165) is 41.3 Å². The van der Waals surface area contributed by atoms with Crippen molar-refractivity contribution in [3.05, 3.63) is 40.3 Å². The molecular weight excluding hydrogens is 284 g/mol. The number of para-hydroxylation sites is 1. The van der Waals surface area contributed by atoms with Gasteiger partial charge < -0.3 is 5.73 Å². The first-order chi connectivity index (χ1) is 10.7. The van der Waals surface area contributed by atoms with E-state index >= 15 is 0 Å². The van der Waals surface area contributed by atoms with Crippen molar-refractivity contribution in [3.8, 4) is 5.69 Å². The van der Waals surface area contributed by atoms with Crippen molar-refractivity contribution >= 4 is 17.7 Å². The van der Waals surface area contributed by atoms with E-state index in [1.54, 1.807) is 0 Å². The molecule has 1 aromatic heterocycles. The molecular formula is C14H14N6O2. The number of amidine groups is 1. The molecule has 8 heteroatoms. The molecule has 22 heavy (non-hydrogen) atoms. The number of carbonyl (C=O) groups is 1. The minimum atomic E-state index is -0.599. The van der Waals surface area contributed by atoms with Gasteiger partial charge in [0.2, 0.25) is 11.9 Å². The molecule has 2 aromatic rings. The highest BCUT2D eigenvalue weighted by Gasteiger charge is 2.33. The first-order valence-electron chi connectivity index (χ1n) is 7.07. The second-order valence-corrected chi connectivity index (χ2v) is 5.27. The van der Waals surface area contributed by atoms with Crippen molar-refractivity contribution < 1.29 is 4.79 Å². The summed E-state index contributed by atoms with van der Waals surface area (Å²) >= 11 is 0. The number of anilines is 1. The van der Waals surface area contributed by atoms with Crippen LogP contribution >= 0.6 is 0 Å². The minimum Gasteiger partial charge on any atom is -0.368 e. The maximum Gasteiger partial charge on any atom is 0.352 e. The SMILES string of the molecule is NC(=O)Cn1nc2n(c1=O)-c1ccccc1C1=NCCCN12. The van der Waals surface area contributed by atoms with Crippen LogP contribution < -0.4 is 16.3 Å². The lowest BCUT2D eigenvalue weighted by molar-refractivity contribution is -0.118. The van der Waals surface area contributed by atoms with E-state index in [0.29, 0.717) is 5.95 Å². The molecule has 0 fully saturated rings. The topological polar surface area (TPSA) is 98.5 Å². The molecule has 0 saturated carbocycles. The molecule has 8 nitrogen and oxygen atoms in total. The van der Waals surface area contributed by atoms with Crippen LogP contribution in [-0.4, -0.2) is 39.2 Å². The van der Waals surface area contributed by atoms with Crippen molar-refractivity contribution in [1.82, 2.24) is 14.3 Å². The number of amides is 1. The van der Waals surface area contributed by atoms with Crippen molar-refractivity contribution in [3.63, 3.8) is 0 Å². The number of benzene rings is 1. The van der Waals surface area contributed by atoms with Crippen molar-refractivity contribution in [2.45, 2.75) is 13.0 Å². The molecule has 0 bridgehead atoms. The third-order valence-electron chi connectivity index (χ3n) is 3.81. The normalized spacial score (nSPS) is 15.6. The molecule has 0 radical (unpaired) electrons. The molecule has 4 rings (SSSR count). The van der Waals surface area contributed by atoms with E-state index in [2.05, 4.69) is 10.1 Å². The van der Waals surface area contributed by atoms with E-state index in [1.807, 2.05) is 29.2 Å². The molecule has 2 N–H and O–H groups in total. The number of carbonyl (C=O) groups excluding carboxylic acids is 1. The van der Waals surface area contributed by atoms with Gasteiger partial charge in [0.05, 0.1) is 5.69 Å². The first kappa shape index (κ1) is 12.8. The quantitative estimate of drug-likeness (QED) is 0.807. The summed E-state index contributed by atoms with van der Waals surface area (Å²) in [7, 11) is 0. The summed E-state index contributed by atoms with van der Waals surface area (Å²) in [6.45, 7) is 1.26. The van der Waals surface area contributed by atoms with Gasteiger partial charge in [0, 0.05) is 18.7 Å². The summed E-state index contributed by atoms with van der Waals surface area (Å²) in [6.07, 6.45) is 0.891. The van der Waals surface area contributed by atoms with Crippen LogP contribution in [0.2, 0.25) is 0 Å². The van der Waals surface area contributed by atoms with Crippen LogP contribution in [0.3, 0.4) is 0 Å². The van der Waals surface area contributed by atoms with Gasteiger partial charge in [-0.25, -0.2) is 14.0 Å². The molecule has 112 valence electrons. The summed E-state index contributed by atoms with van der Waals surface area (Å²) in [6, 6.07) is 7.57. The zero-order valence-corrected chi connectivity index (χ0v) is 11.8. The smallest absolute Gasteiger partial charge is 0.352 e. The molecule has 2 aliphatic rings. The molecule has 1 aromatic carbocycles. The van der Waals surface area contributed by atoms with Crippen molar-refractivity contribution in [2.24, 2.45) is 10.7 Å². The average molecular weight is 298 g/mol. The average Bonchev–Trinajstić information content (AvgIpc) is 2.84. The number of fused-ring (bicyclic) bond motifs is 6. The molecule has 0 spiro atoms. The Kier molecular flexibility index (Phi) is 2.65. The standard InChI is InChI=1S/C14H14N6O2/c15-11(21)8-19-14(22)20-10-5-2-1-4-9(10)12-16-6-3-7-18(12)13(20)17-19/h1-2,4-5H,3,6-8H2,(H2,15,21). The monoisotopic (exact) mass is 298 g/mol. The molecule has 0 aliphatic carbocycles. The van der Waals surface area contributed by atoms with E-state index in [1.165, 1.54) is 4.57 Å². The van der Waals surface area contributed by atoms with Crippen LogP contribution in [0.4, 0.5) is 5.95 Å². The molecule has 0 atom stereocenters. The molecule has 3 heterocycles. The number of rotatable bonds is 2. The van der Waals surface area contributed by atoms with Crippen LogP contribution in [0.25, 0.3) is 5.69 Å². The fourth-order valence-corrected chi connectivity index (χ4v) is 2.92. The van der Waals surface area contributed by atoms with Gasteiger partial charge in [-0.2, -0.15) is 0 Å². The van der Waals surface area contributed by atoms with E-state index < -0.39 is 5.91 Å². The predicted octanol–water partition coefficient (Wildman–Crippen LogP) is -0.510. The zero-order chi connectivity index (χ0) is 15.3. The van der Waals surface area contributed by atoms with Gasteiger partial charge in [-0.05, 0) is 18.6 Å². The summed E-state index contributed by atoms with van der Waals surface area (Å²) in [4.78, 5) is 30.2. The zero-order valence-electron chi connectivity index (χ0n) is 11.8. The predicted molar refractivity (Wildman–Crippen MR) is 80.4 cm³/mol. The fourth-order valence-electron chi connectivity index (χ4n) is 2.92. The second kappa shape index (κ2) is 4.55. The lowest BCUT2D eigenvalue weighted by Gasteiger charge is -2.33. The fraction of sp³-hybridized carbons (Fsp3) is 0.286. The third-order valence-corrected chi connectivity index (χ3v) is 3.81. The van der Waals surface area contributed by atoms with Crippen LogP contribution in [0, 0.1) is 0 Å². The number of hydrogen-bond donors (Lipinski definition) is 1. The van der Waals surface area contributed by atoms with Gasteiger partial charge >= 0.3 is 5.69 Å². The Hall–Kier alpha value is -2.90. The number of nitrogens with zero attached hydrogens (tertiary/aromatic N) is 5. The number of aliphatic imine (C=N–C) groups is 1. The Balaban J connectivity index is 2.00. The maximum atomic E-state index is 12.6. The molecule has 0 unspecified atom stereocenters. The Bertz CT molecular complexity index is 862. The van der Waals surface area contributed by atoms with E-state index in [9.17, 15) is 9.59 Å². The molecule has 2 aliphatic heterocycles. The number of hydrogen-bond acceptors (Lipinski definition) is 5. The highest BCUT2D eigenvalue weighted by atomic mass is 16.2. The molecule has 1 amide bonds. The van der Waals surface area contributed by atoms with Gasteiger partial charge in [0.1, 0.15) is 12.4 Å². The Morgan fingerprint density at radius 2 is 2.14 bits per heavy atom. The minimum absolute atomic E-state index is 0.235. The van der Waals surface area contributed by atoms with Crippen LogP contribution in [-0.2, 0) is 11.3 Å². The van der Waals surface area contributed by atoms with Gasteiger partial charge in [-0.3, -0.25) is 14.7 Å². The van der Waals surface area contributed by atoms with Gasteiger partial charge in [0.15, 0.2) is 0 Å². The Morgan fingerprint density at radius 3 is 2.95 bits per heavy atom. The van der Waals surface area contributed by atoms with Crippen molar-refractivity contribution in [1.29, 1.82) is 0 Å². The lowest BCUT2D eigenvalue weighted by Crippen LogP contribution is -2.42. The van der Waals surface area contributed by atoms with Crippen LogP contribution in [0.15, 0.2) is 34.1 Å². The van der Waals surface area contributed by atoms with E-state index in [4.69, 9.17) is 5.73 Å². The highest BCUT2D eigenvalue weighted by molar-refractivity contribution is 6.13. The Morgan fingerprint density at radius 1 is 1.32 bits per heavy atom. The number of aromatic nitrogens is 3. The second-order valence-electron chi connectivity index (χ2n) is 5.27. The largest absolute Gasteiger partial charge is 0.368 e. The summed E-state index contributed by atoms with van der Waals surface area (Å²) in [5, 5.41) is 4.29. The number of nitrogens with two attached hydrogens (primary N) is 1. The maximum absolute atomic E-state index is 12.6. The van der Waals surface area contributed by atoms with Crippen LogP contribution in [0.1, 0.15) is 12.0 Å². The third kappa shape index (κ3) is 1.70.